The number of halogens is 1. The molecule has 1 fully saturated rings. The van der Waals surface area contributed by atoms with Crippen molar-refractivity contribution in [2.24, 2.45) is 0 Å². The van der Waals surface area contributed by atoms with E-state index in [9.17, 15) is 0 Å². The van der Waals surface area contributed by atoms with Gasteiger partial charge in [0.05, 0.1) is 19.8 Å². The number of rotatable bonds is 8. The van der Waals surface area contributed by atoms with E-state index in [1.165, 1.54) is 24.2 Å². The summed E-state index contributed by atoms with van der Waals surface area (Å²) < 4.78 is 5.42. The molecular weight excluding hydrogens is 332 g/mol. The van der Waals surface area contributed by atoms with Gasteiger partial charge in [0.15, 0.2) is 0 Å². The molecule has 3 rings (SSSR count). The van der Waals surface area contributed by atoms with Gasteiger partial charge in [-0.25, -0.2) is 0 Å². The van der Waals surface area contributed by atoms with Gasteiger partial charge in [-0.3, -0.25) is 0 Å². The van der Waals surface area contributed by atoms with E-state index >= 15 is 0 Å². The van der Waals surface area contributed by atoms with Crippen molar-refractivity contribution in [2.75, 3.05) is 45.9 Å². The van der Waals surface area contributed by atoms with Crippen LogP contribution in [0.15, 0.2) is 54.6 Å². The molecule has 0 spiro atoms. The summed E-state index contributed by atoms with van der Waals surface area (Å²) in [5, 5.41) is 3.27. The molecule has 1 atom stereocenters. The van der Waals surface area contributed by atoms with Gasteiger partial charge in [-0.1, -0.05) is 54.1 Å². The first-order valence-corrected chi connectivity index (χ1v) is 9.74. The highest BCUT2D eigenvalue weighted by Gasteiger charge is 2.16. The zero-order chi connectivity index (χ0) is 17.3. The summed E-state index contributed by atoms with van der Waals surface area (Å²) in [5.41, 5.74) is 2.74. The highest BCUT2D eigenvalue weighted by atomic mass is 35.5. The van der Waals surface area contributed by atoms with Crippen LogP contribution in [-0.4, -0.2) is 45.9 Å². The molecule has 0 saturated carbocycles. The Bertz CT molecular complexity index is 612. The van der Waals surface area contributed by atoms with Crippen molar-refractivity contribution in [2.45, 2.75) is 12.3 Å². The standard InChI is InChI=1S/C21H27ClN2O/c22-20-8-6-19(7-9-20)21(18-4-2-1-3-5-18)10-11-23-12-13-24-14-16-25-17-15-24/h1-9,21,23H,10-17H2/p+2/t21-/m0/s1. The summed E-state index contributed by atoms with van der Waals surface area (Å²) in [6.45, 7) is 7.73. The van der Waals surface area contributed by atoms with E-state index in [2.05, 4.69) is 47.8 Å². The van der Waals surface area contributed by atoms with Crippen LogP contribution in [0.3, 0.4) is 0 Å². The summed E-state index contributed by atoms with van der Waals surface area (Å²) in [6.07, 6.45) is 1.14. The summed E-state index contributed by atoms with van der Waals surface area (Å²) in [6, 6.07) is 19.1. The van der Waals surface area contributed by atoms with Crippen LogP contribution < -0.4 is 10.2 Å². The third-order valence-corrected chi connectivity index (χ3v) is 5.29. The normalized spacial score (nSPS) is 16.7. The number of quaternary nitrogens is 2. The van der Waals surface area contributed by atoms with E-state index in [4.69, 9.17) is 16.3 Å². The molecule has 1 saturated heterocycles. The Hall–Kier alpha value is -1.39. The predicted octanol–water partition coefficient (Wildman–Crippen LogP) is 1.34. The highest BCUT2D eigenvalue weighted by molar-refractivity contribution is 6.30. The molecule has 3 N–H and O–H groups in total. The minimum absolute atomic E-state index is 0.436. The zero-order valence-electron chi connectivity index (χ0n) is 14.8. The number of nitrogens with two attached hydrogens (primary N) is 1. The molecule has 1 aliphatic heterocycles. The van der Waals surface area contributed by atoms with Gasteiger partial charge in [0, 0.05) is 17.4 Å². The lowest BCUT2D eigenvalue weighted by atomic mass is 9.88. The minimum atomic E-state index is 0.436. The van der Waals surface area contributed by atoms with Crippen LogP contribution in [0.1, 0.15) is 23.5 Å². The van der Waals surface area contributed by atoms with Crippen LogP contribution >= 0.6 is 11.6 Å². The van der Waals surface area contributed by atoms with Gasteiger partial charge in [-0.2, -0.15) is 0 Å². The Morgan fingerprint density at radius 1 is 0.920 bits per heavy atom. The van der Waals surface area contributed by atoms with Crippen molar-refractivity contribution in [1.29, 1.82) is 0 Å². The molecule has 0 amide bonds. The van der Waals surface area contributed by atoms with Gasteiger partial charge < -0.3 is 15.0 Å². The number of ether oxygens (including phenoxy) is 1. The number of hydrogen-bond acceptors (Lipinski definition) is 1. The van der Waals surface area contributed by atoms with Crippen LogP contribution in [0.2, 0.25) is 5.02 Å². The topological polar surface area (TPSA) is 30.3 Å². The van der Waals surface area contributed by atoms with Crippen LogP contribution in [0.25, 0.3) is 0 Å². The minimum Gasteiger partial charge on any atom is -0.370 e. The fraction of sp³-hybridized carbons (Fsp3) is 0.429. The van der Waals surface area contributed by atoms with E-state index in [1.54, 1.807) is 4.90 Å². The zero-order valence-corrected chi connectivity index (χ0v) is 15.5. The maximum atomic E-state index is 6.06. The molecule has 2 aromatic rings. The fourth-order valence-corrected chi connectivity index (χ4v) is 3.68. The van der Waals surface area contributed by atoms with E-state index in [1.807, 2.05) is 12.1 Å². The lowest BCUT2D eigenvalue weighted by Gasteiger charge is -2.23. The quantitative estimate of drug-likeness (QED) is 0.684. The van der Waals surface area contributed by atoms with E-state index in [0.29, 0.717) is 5.92 Å². The molecule has 3 nitrogen and oxygen atoms in total. The number of hydrogen-bond donors (Lipinski definition) is 2. The number of benzene rings is 2. The molecule has 4 heteroatoms. The number of morpholine rings is 1. The van der Waals surface area contributed by atoms with Gasteiger partial charge in [0.25, 0.3) is 0 Å². The van der Waals surface area contributed by atoms with Gasteiger partial charge in [0.1, 0.15) is 26.2 Å². The molecule has 0 aliphatic carbocycles. The van der Waals surface area contributed by atoms with Gasteiger partial charge in [0.2, 0.25) is 0 Å². The van der Waals surface area contributed by atoms with Gasteiger partial charge in [-0.05, 0) is 23.3 Å². The largest absolute Gasteiger partial charge is 0.370 e. The first-order chi connectivity index (χ1) is 12.3. The Morgan fingerprint density at radius 3 is 2.32 bits per heavy atom. The van der Waals surface area contributed by atoms with Crippen LogP contribution in [0, 0.1) is 0 Å². The third-order valence-electron chi connectivity index (χ3n) is 5.04. The second-order valence-electron chi connectivity index (χ2n) is 6.78. The maximum Gasteiger partial charge on any atom is 0.127 e. The maximum absolute atomic E-state index is 6.06. The van der Waals surface area contributed by atoms with E-state index in [0.717, 1.165) is 44.3 Å². The summed E-state index contributed by atoms with van der Waals surface area (Å²) in [5.74, 6) is 0.436. The fourth-order valence-electron chi connectivity index (χ4n) is 3.55. The third kappa shape index (κ3) is 5.82. The molecule has 0 unspecified atom stereocenters. The first kappa shape index (κ1) is 18.4. The summed E-state index contributed by atoms with van der Waals surface area (Å²) in [4.78, 5) is 1.68. The average Bonchev–Trinajstić information content (AvgIpc) is 2.67. The van der Waals surface area contributed by atoms with Crippen LogP contribution in [0.4, 0.5) is 0 Å². The summed E-state index contributed by atoms with van der Waals surface area (Å²) >= 11 is 6.06. The van der Waals surface area contributed by atoms with Crippen molar-refractivity contribution in [3.05, 3.63) is 70.7 Å². The number of nitrogens with one attached hydrogen (secondary N) is 1. The molecule has 0 aromatic heterocycles. The second kappa shape index (κ2) is 9.93. The Kier molecular flexibility index (Phi) is 7.31. The molecule has 1 aliphatic rings. The Labute approximate surface area is 155 Å². The highest BCUT2D eigenvalue weighted by Crippen LogP contribution is 2.28. The monoisotopic (exact) mass is 360 g/mol. The lowest BCUT2D eigenvalue weighted by molar-refractivity contribution is -0.919. The van der Waals surface area contributed by atoms with Crippen LogP contribution in [-0.2, 0) is 4.74 Å². The predicted molar refractivity (Wildman–Crippen MR) is 102 cm³/mol. The van der Waals surface area contributed by atoms with Gasteiger partial charge in [-0.15, -0.1) is 0 Å². The first-order valence-electron chi connectivity index (χ1n) is 9.36. The van der Waals surface area contributed by atoms with E-state index in [-0.39, 0.29) is 0 Å². The van der Waals surface area contributed by atoms with Crippen LogP contribution in [0.5, 0.6) is 0 Å². The Morgan fingerprint density at radius 2 is 1.60 bits per heavy atom. The molecule has 0 radical (unpaired) electrons. The van der Waals surface area contributed by atoms with Gasteiger partial charge >= 0.3 is 0 Å². The summed E-state index contributed by atoms with van der Waals surface area (Å²) in [7, 11) is 0. The molecular formula is C21H29ClN2O+2. The smallest absolute Gasteiger partial charge is 0.127 e. The second-order valence-corrected chi connectivity index (χ2v) is 7.22. The molecule has 25 heavy (non-hydrogen) atoms. The Balaban J connectivity index is 1.52. The van der Waals surface area contributed by atoms with E-state index < -0.39 is 0 Å². The lowest BCUT2D eigenvalue weighted by Crippen LogP contribution is -3.16. The molecule has 2 aromatic carbocycles. The molecule has 1 heterocycles. The van der Waals surface area contributed by atoms with Crippen molar-refractivity contribution < 1.29 is 15.0 Å². The average molecular weight is 361 g/mol. The van der Waals surface area contributed by atoms with Crippen molar-refractivity contribution in [1.82, 2.24) is 0 Å². The molecule has 0 bridgehead atoms. The molecule has 134 valence electrons. The van der Waals surface area contributed by atoms with Crippen molar-refractivity contribution in [3.63, 3.8) is 0 Å². The van der Waals surface area contributed by atoms with Crippen molar-refractivity contribution >= 4 is 11.6 Å². The SMILES string of the molecule is Clc1ccc([C@@H](CC[NH2+]CC[NH+]2CCOCC2)c2ccccc2)cc1. The van der Waals surface area contributed by atoms with Crippen molar-refractivity contribution in [3.8, 4) is 0 Å².